The number of hydrogen-bond donors (Lipinski definition) is 0. The number of halogens is 1. The van der Waals surface area contributed by atoms with Crippen molar-refractivity contribution in [2.75, 3.05) is 26.7 Å². The Hall–Kier alpha value is -1.30. The van der Waals surface area contributed by atoms with E-state index in [-0.39, 0.29) is 12.2 Å². The van der Waals surface area contributed by atoms with Crippen LogP contribution in [0.5, 0.6) is 0 Å². The van der Waals surface area contributed by atoms with Crippen molar-refractivity contribution >= 4 is 17.7 Å². The molecule has 3 rings (SSSR count). The Morgan fingerprint density at radius 3 is 2.39 bits per heavy atom. The molecule has 0 spiro atoms. The maximum atomic E-state index is 12.3. The van der Waals surface area contributed by atoms with E-state index in [4.69, 9.17) is 21.1 Å². The normalized spacial score (nSPS) is 24.5. The van der Waals surface area contributed by atoms with Gasteiger partial charge < -0.3 is 14.4 Å². The van der Waals surface area contributed by atoms with Crippen molar-refractivity contribution in [1.29, 1.82) is 0 Å². The lowest BCUT2D eigenvalue weighted by Gasteiger charge is -2.39. The maximum absolute atomic E-state index is 12.3. The van der Waals surface area contributed by atoms with Crippen LogP contribution in [0.1, 0.15) is 45.6 Å². The van der Waals surface area contributed by atoms with Gasteiger partial charge in [-0.1, -0.05) is 23.7 Å². The molecule has 2 fully saturated rings. The zero-order valence-electron chi connectivity index (χ0n) is 17.5. The summed E-state index contributed by atoms with van der Waals surface area (Å²) in [5, 5.41) is 0.774. The molecule has 2 saturated heterocycles. The van der Waals surface area contributed by atoms with Crippen molar-refractivity contribution in [2.24, 2.45) is 0 Å². The van der Waals surface area contributed by atoms with Crippen LogP contribution in [-0.4, -0.2) is 66.4 Å². The predicted molar refractivity (Wildman–Crippen MR) is 112 cm³/mol. The molecular formula is C22H33ClN2O3. The lowest BCUT2D eigenvalue weighted by molar-refractivity contribution is 0.0124. The Kier molecular flexibility index (Phi) is 6.89. The number of carbonyl (C=O) groups excluding carboxylic acids is 1. The minimum absolute atomic E-state index is 0.195. The number of methoxy groups -OCH3 is 1. The van der Waals surface area contributed by atoms with Gasteiger partial charge in [-0.05, 0) is 64.2 Å². The molecule has 28 heavy (non-hydrogen) atoms. The average Bonchev–Trinajstić information content (AvgIpc) is 3.05. The van der Waals surface area contributed by atoms with Gasteiger partial charge in [-0.2, -0.15) is 0 Å². The fourth-order valence-electron chi connectivity index (χ4n) is 4.32. The molecule has 6 heteroatoms. The SMILES string of the molecule is COC1CC(Cc2ccc(Cl)cc2)N(C2CCN(C(=O)OC(C)(C)C)CC2)C1. The van der Waals surface area contributed by atoms with Crippen LogP contribution in [0.15, 0.2) is 24.3 Å². The summed E-state index contributed by atoms with van der Waals surface area (Å²) in [7, 11) is 1.80. The van der Waals surface area contributed by atoms with Gasteiger partial charge in [0.25, 0.3) is 0 Å². The van der Waals surface area contributed by atoms with Crippen molar-refractivity contribution in [3.63, 3.8) is 0 Å². The van der Waals surface area contributed by atoms with E-state index in [2.05, 4.69) is 17.0 Å². The van der Waals surface area contributed by atoms with Gasteiger partial charge in [0.2, 0.25) is 0 Å². The van der Waals surface area contributed by atoms with Crippen LogP contribution in [0.25, 0.3) is 0 Å². The molecular weight excluding hydrogens is 376 g/mol. The highest BCUT2D eigenvalue weighted by Crippen LogP contribution is 2.30. The molecule has 0 saturated carbocycles. The molecule has 2 aliphatic heterocycles. The molecule has 1 aromatic carbocycles. The van der Waals surface area contributed by atoms with Crippen LogP contribution < -0.4 is 0 Å². The van der Waals surface area contributed by atoms with Gasteiger partial charge in [-0.25, -0.2) is 4.79 Å². The van der Waals surface area contributed by atoms with Crippen molar-refractivity contribution in [2.45, 2.75) is 70.2 Å². The molecule has 2 heterocycles. The first-order valence-corrected chi connectivity index (χ1v) is 10.6. The Labute approximate surface area is 173 Å². The number of amides is 1. The number of hydrogen-bond acceptors (Lipinski definition) is 4. The highest BCUT2D eigenvalue weighted by molar-refractivity contribution is 6.30. The van der Waals surface area contributed by atoms with Crippen molar-refractivity contribution in [3.8, 4) is 0 Å². The van der Waals surface area contributed by atoms with E-state index < -0.39 is 5.60 Å². The van der Waals surface area contributed by atoms with E-state index in [9.17, 15) is 4.79 Å². The van der Waals surface area contributed by atoms with E-state index in [0.29, 0.717) is 12.1 Å². The van der Waals surface area contributed by atoms with Crippen LogP contribution in [-0.2, 0) is 15.9 Å². The van der Waals surface area contributed by atoms with E-state index in [0.717, 1.165) is 50.3 Å². The fraction of sp³-hybridized carbons (Fsp3) is 0.682. The molecule has 0 radical (unpaired) electrons. The standard InChI is InChI=1S/C22H33ClN2O3/c1-22(2,3)28-21(26)24-11-9-18(10-12-24)25-15-20(27-4)14-19(25)13-16-5-7-17(23)8-6-16/h5-8,18-20H,9-15H2,1-4H3. The zero-order chi connectivity index (χ0) is 20.3. The molecule has 2 unspecified atom stereocenters. The second kappa shape index (κ2) is 9.02. The third-order valence-corrected chi connectivity index (χ3v) is 5.97. The summed E-state index contributed by atoms with van der Waals surface area (Å²) in [5.41, 5.74) is 0.862. The first-order chi connectivity index (χ1) is 13.2. The maximum Gasteiger partial charge on any atom is 0.410 e. The van der Waals surface area contributed by atoms with Crippen molar-refractivity contribution in [3.05, 3.63) is 34.9 Å². The first kappa shape index (κ1) is 21.4. The highest BCUT2D eigenvalue weighted by Gasteiger charge is 2.38. The summed E-state index contributed by atoms with van der Waals surface area (Å²) < 4.78 is 11.2. The summed E-state index contributed by atoms with van der Waals surface area (Å²) in [6.07, 6.45) is 4.09. The summed E-state index contributed by atoms with van der Waals surface area (Å²) in [4.78, 5) is 16.8. The Morgan fingerprint density at radius 1 is 1.18 bits per heavy atom. The number of rotatable bonds is 4. The molecule has 1 amide bonds. The van der Waals surface area contributed by atoms with Gasteiger partial charge >= 0.3 is 6.09 Å². The lowest BCUT2D eigenvalue weighted by atomic mass is 9.99. The zero-order valence-corrected chi connectivity index (χ0v) is 18.2. The number of likely N-dealkylation sites (tertiary alicyclic amines) is 2. The minimum atomic E-state index is -0.446. The molecule has 0 bridgehead atoms. The van der Waals surface area contributed by atoms with Crippen LogP contribution in [0, 0.1) is 0 Å². The smallest absolute Gasteiger partial charge is 0.410 e. The number of carbonyl (C=O) groups is 1. The quantitative estimate of drug-likeness (QED) is 0.741. The van der Waals surface area contributed by atoms with Crippen molar-refractivity contribution in [1.82, 2.24) is 9.80 Å². The summed E-state index contributed by atoms with van der Waals surface area (Å²) >= 11 is 6.03. The second-order valence-corrected chi connectivity index (χ2v) is 9.41. The predicted octanol–water partition coefficient (Wildman–Crippen LogP) is 4.37. The first-order valence-electron chi connectivity index (χ1n) is 10.3. The third kappa shape index (κ3) is 5.62. The highest BCUT2D eigenvalue weighted by atomic mass is 35.5. The average molecular weight is 409 g/mol. The number of piperidine rings is 1. The van der Waals surface area contributed by atoms with E-state index in [1.54, 1.807) is 7.11 Å². The van der Waals surface area contributed by atoms with Crippen LogP contribution >= 0.6 is 11.6 Å². The molecule has 2 atom stereocenters. The summed E-state index contributed by atoms with van der Waals surface area (Å²) in [6.45, 7) is 8.20. The van der Waals surface area contributed by atoms with Gasteiger partial charge in [0.1, 0.15) is 5.60 Å². The van der Waals surface area contributed by atoms with Crippen molar-refractivity contribution < 1.29 is 14.3 Å². The Morgan fingerprint density at radius 2 is 1.82 bits per heavy atom. The minimum Gasteiger partial charge on any atom is -0.444 e. The topological polar surface area (TPSA) is 42.0 Å². The molecule has 156 valence electrons. The lowest BCUT2D eigenvalue weighted by Crippen LogP contribution is -2.49. The molecule has 5 nitrogen and oxygen atoms in total. The number of ether oxygens (including phenoxy) is 2. The van der Waals surface area contributed by atoms with Crippen LogP contribution in [0.2, 0.25) is 5.02 Å². The molecule has 2 aliphatic rings. The molecule has 0 N–H and O–H groups in total. The molecule has 0 aromatic heterocycles. The fourth-order valence-corrected chi connectivity index (χ4v) is 4.44. The van der Waals surface area contributed by atoms with Crippen LogP contribution in [0.3, 0.4) is 0 Å². The Balaban J connectivity index is 1.59. The van der Waals surface area contributed by atoms with Gasteiger partial charge in [0.05, 0.1) is 6.10 Å². The van der Waals surface area contributed by atoms with E-state index >= 15 is 0 Å². The molecule has 0 aliphatic carbocycles. The van der Waals surface area contributed by atoms with Crippen LogP contribution in [0.4, 0.5) is 4.79 Å². The van der Waals surface area contributed by atoms with Gasteiger partial charge in [-0.15, -0.1) is 0 Å². The third-order valence-electron chi connectivity index (χ3n) is 5.72. The molecule has 1 aromatic rings. The van der Waals surface area contributed by atoms with Gasteiger partial charge in [0.15, 0.2) is 0 Å². The largest absolute Gasteiger partial charge is 0.444 e. The Bertz CT molecular complexity index is 651. The monoisotopic (exact) mass is 408 g/mol. The summed E-state index contributed by atoms with van der Waals surface area (Å²) in [5.74, 6) is 0. The van der Waals surface area contributed by atoms with E-state index in [1.165, 1.54) is 5.56 Å². The van der Waals surface area contributed by atoms with Gasteiger partial charge in [-0.3, -0.25) is 4.90 Å². The van der Waals surface area contributed by atoms with Gasteiger partial charge in [0, 0.05) is 43.9 Å². The number of benzene rings is 1. The summed E-state index contributed by atoms with van der Waals surface area (Å²) in [6, 6.07) is 9.10. The second-order valence-electron chi connectivity index (χ2n) is 8.97. The van der Waals surface area contributed by atoms with E-state index in [1.807, 2.05) is 37.8 Å². The number of nitrogens with zero attached hydrogens (tertiary/aromatic N) is 2.